The van der Waals surface area contributed by atoms with E-state index in [-0.39, 0.29) is 10.8 Å². The highest BCUT2D eigenvalue weighted by atomic mass is 16.6. The fraction of sp³-hybridized carbons (Fsp3) is 0.654. The van der Waals surface area contributed by atoms with Crippen molar-refractivity contribution in [2.45, 2.75) is 218 Å². The van der Waals surface area contributed by atoms with Crippen LogP contribution >= 0.6 is 0 Å². The molecule has 0 N–H and O–H groups in total. The van der Waals surface area contributed by atoms with Gasteiger partial charge in [-0.25, -0.2) is 9.26 Å². The van der Waals surface area contributed by atoms with Crippen molar-refractivity contribution in [1.29, 1.82) is 0 Å². The van der Waals surface area contributed by atoms with Gasteiger partial charge in [-0.05, 0) is 104 Å². The van der Waals surface area contributed by atoms with Crippen LogP contribution in [0, 0.1) is 0 Å². The van der Waals surface area contributed by atoms with Crippen LogP contribution in [-0.2, 0) is 10.8 Å². The van der Waals surface area contributed by atoms with Crippen LogP contribution < -0.4 is 0 Å². The van der Waals surface area contributed by atoms with E-state index < -0.39 is 0 Å². The summed E-state index contributed by atoms with van der Waals surface area (Å²) in [7, 11) is 0. The number of hydrogen-bond donors (Lipinski definition) is 0. The summed E-state index contributed by atoms with van der Waals surface area (Å²) in [5.41, 5.74) is 14.7. The van der Waals surface area contributed by atoms with Crippen molar-refractivity contribution in [1.82, 2.24) is 20.6 Å². The molecule has 2 heterocycles. The number of nitrogens with zero attached hydrogens (tertiary/aromatic N) is 4. The first-order valence-corrected chi connectivity index (χ1v) is 24.3. The van der Waals surface area contributed by atoms with Crippen molar-refractivity contribution in [2.24, 2.45) is 0 Å². The topological polar surface area (TPSA) is 77.8 Å². The fourth-order valence-electron chi connectivity index (χ4n) is 11.3. The lowest BCUT2D eigenvalue weighted by molar-refractivity contribution is 0.315. The third kappa shape index (κ3) is 8.69. The Morgan fingerprint density at radius 2 is 0.672 bits per heavy atom. The summed E-state index contributed by atoms with van der Waals surface area (Å²) in [6.45, 7) is 9.26. The second-order valence-corrected chi connectivity index (χ2v) is 18.4. The van der Waals surface area contributed by atoms with Crippen molar-refractivity contribution < 1.29 is 9.26 Å². The van der Waals surface area contributed by atoms with Crippen LogP contribution in [0.15, 0.2) is 45.7 Å². The minimum Gasteiger partial charge on any atom is -0.243 e. The molecule has 2 aliphatic carbocycles. The highest BCUT2D eigenvalue weighted by molar-refractivity contribution is 6.03. The SMILES string of the molecule is CCCCCCCCC1(CCCCCCCC)c2cc3c(cc2-c2c1ccc1nonc21)C(CCCCCCCC)(CCCCCCCC)c1ccc2nonc2c1-3. The van der Waals surface area contributed by atoms with Crippen LogP contribution in [0.2, 0.25) is 0 Å². The first kappa shape index (κ1) is 42.6. The summed E-state index contributed by atoms with van der Waals surface area (Å²) < 4.78 is 11.1. The van der Waals surface area contributed by atoms with Gasteiger partial charge in [0.25, 0.3) is 0 Å². The molecule has 6 nitrogen and oxygen atoms in total. The number of fused-ring (bicyclic) bond motifs is 10. The Balaban J connectivity index is 1.37. The van der Waals surface area contributed by atoms with E-state index in [4.69, 9.17) is 9.26 Å². The monoisotopic (exact) mass is 787 g/mol. The molecular formula is C52H74N4O2. The lowest BCUT2D eigenvalue weighted by Gasteiger charge is -2.35. The van der Waals surface area contributed by atoms with Crippen LogP contribution in [0.5, 0.6) is 0 Å². The summed E-state index contributed by atoms with van der Waals surface area (Å²) in [6, 6.07) is 14.5. The average molecular weight is 787 g/mol. The Hall–Kier alpha value is -3.54. The Morgan fingerprint density at radius 1 is 0.362 bits per heavy atom. The first-order chi connectivity index (χ1) is 28.6. The molecule has 0 fully saturated rings. The van der Waals surface area contributed by atoms with Crippen molar-refractivity contribution in [3.8, 4) is 22.3 Å². The Kier molecular flexibility index (Phi) is 15.1. The van der Waals surface area contributed by atoms with E-state index in [0.29, 0.717) is 0 Å². The van der Waals surface area contributed by atoms with E-state index in [1.165, 1.54) is 199 Å². The quantitative estimate of drug-likeness (QED) is 0.0470. The Morgan fingerprint density at radius 3 is 1.00 bits per heavy atom. The van der Waals surface area contributed by atoms with Gasteiger partial charge in [-0.1, -0.05) is 194 Å². The second-order valence-electron chi connectivity index (χ2n) is 18.4. The summed E-state index contributed by atoms with van der Waals surface area (Å²) in [5, 5.41) is 18.2. The van der Waals surface area contributed by atoms with Gasteiger partial charge in [0.2, 0.25) is 0 Å². The smallest absolute Gasteiger partial charge is 0.143 e. The number of unbranched alkanes of at least 4 members (excludes halogenated alkanes) is 20. The third-order valence-corrected chi connectivity index (χ3v) is 14.4. The van der Waals surface area contributed by atoms with Gasteiger partial charge in [-0.2, -0.15) is 0 Å². The molecule has 3 aromatic carbocycles. The Bertz CT molecular complexity index is 1860. The highest BCUT2D eigenvalue weighted by Crippen LogP contribution is 2.62. The summed E-state index contributed by atoms with van der Waals surface area (Å²) in [4.78, 5) is 0. The van der Waals surface area contributed by atoms with Crippen LogP contribution in [0.1, 0.15) is 230 Å². The fourth-order valence-corrected chi connectivity index (χ4v) is 11.3. The normalized spacial score (nSPS) is 14.7. The maximum Gasteiger partial charge on any atom is 0.143 e. The molecule has 0 spiro atoms. The van der Waals surface area contributed by atoms with Crippen molar-refractivity contribution in [2.75, 3.05) is 0 Å². The summed E-state index contributed by atoms with van der Waals surface area (Å²) in [5.74, 6) is 0. The van der Waals surface area contributed by atoms with E-state index in [1.807, 2.05) is 0 Å². The lowest BCUT2D eigenvalue weighted by Crippen LogP contribution is -2.27. The van der Waals surface area contributed by atoms with Gasteiger partial charge in [0.15, 0.2) is 0 Å². The summed E-state index contributed by atoms with van der Waals surface area (Å²) in [6.07, 6.45) is 35.8. The molecule has 6 heteroatoms. The average Bonchev–Trinajstić information content (AvgIpc) is 4.03. The van der Waals surface area contributed by atoms with Crippen molar-refractivity contribution in [3.05, 3.63) is 58.7 Å². The van der Waals surface area contributed by atoms with E-state index in [2.05, 4.69) is 84.7 Å². The van der Waals surface area contributed by atoms with Crippen LogP contribution in [0.25, 0.3) is 44.3 Å². The summed E-state index contributed by atoms with van der Waals surface area (Å²) >= 11 is 0. The molecule has 0 radical (unpaired) electrons. The van der Waals surface area contributed by atoms with Gasteiger partial charge in [-0.15, -0.1) is 0 Å². The molecule has 0 atom stereocenters. The number of hydrogen-bond acceptors (Lipinski definition) is 6. The van der Waals surface area contributed by atoms with Gasteiger partial charge < -0.3 is 0 Å². The molecule has 314 valence electrons. The number of rotatable bonds is 28. The van der Waals surface area contributed by atoms with Gasteiger partial charge in [-0.3, -0.25) is 0 Å². The van der Waals surface area contributed by atoms with Gasteiger partial charge in [0.1, 0.15) is 22.1 Å². The maximum absolute atomic E-state index is 5.53. The molecular weight excluding hydrogens is 713 g/mol. The number of benzene rings is 3. The minimum absolute atomic E-state index is 0.0811. The standard InChI is InChI=1S/C52H74N4O2/c1-5-9-13-17-21-25-33-51(34-26-22-18-14-10-6-2)41-29-31-45-49(55-57-53-45)47(41)39-38-44-40(37-43(39)51)48-42(30-32-46-50(48)56-58-54-46)52(44,35-27-23-19-15-11-7-3)36-28-24-20-16-12-8-4/h29-32,37-38H,5-28,33-36H2,1-4H3. The minimum atomic E-state index is -0.0811. The van der Waals surface area contributed by atoms with Crippen LogP contribution in [-0.4, -0.2) is 20.6 Å². The number of aromatic nitrogens is 4. The Labute approximate surface area is 350 Å². The molecule has 2 aliphatic rings. The molecule has 0 unspecified atom stereocenters. The van der Waals surface area contributed by atoms with Crippen LogP contribution in [0.3, 0.4) is 0 Å². The van der Waals surface area contributed by atoms with E-state index in [0.717, 1.165) is 47.8 Å². The van der Waals surface area contributed by atoms with Gasteiger partial charge in [0, 0.05) is 22.0 Å². The zero-order chi connectivity index (χ0) is 40.2. The molecule has 0 saturated carbocycles. The van der Waals surface area contributed by atoms with Gasteiger partial charge in [0.05, 0.1) is 0 Å². The molecule has 0 amide bonds. The second kappa shape index (κ2) is 20.6. The largest absolute Gasteiger partial charge is 0.243 e. The third-order valence-electron chi connectivity index (χ3n) is 14.4. The van der Waals surface area contributed by atoms with Crippen LogP contribution in [0.4, 0.5) is 0 Å². The lowest BCUT2D eigenvalue weighted by atomic mass is 9.68. The van der Waals surface area contributed by atoms with Gasteiger partial charge >= 0.3 is 0 Å². The molecule has 58 heavy (non-hydrogen) atoms. The molecule has 7 rings (SSSR count). The first-order valence-electron chi connectivity index (χ1n) is 24.3. The van der Waals surface area contributed by atoms with E-state index in [9.17, 15) is 0 Å². The zero-order valence-corrected chi connectivity index (χ0v) is 36.9. The van der Waals surface area contributed by atoms with Crippen molar-refractivity contribution >= 4 is 22.1 Å². The molecule has 0 bridgehead atoms. The predicted molar refractivity (Wildman–Crippen MR) is 242 cm³/mol. The highest BCUT2D eigenvalue weighted by Gasteiger charge is 2.49. The zero-order valence-electron chi connectivity index (χ0n) is 36.9. The maximum atomic E-state index is 5.53. The molecule has 0 saturated heterocycles. The predicted octanol–water partition coefficient (Wildman–Crippen LogP) is 16.3. The molecule has 2 aromatic heterocycles. The molecule has 0 aliphatic heterocycles. The van der Waals surface area contributed by atoms with E-state index >= 15 is 0 Å². The molecule has 5 aromatic rings. The van der Waals surface area contributed by atoms with Crippen molar-refractivity contribution in [3.63, 3.8) is 0 Å². The van der Waals surface area contributed by atoms with E-state index in [1.54, 1.807) is 0 Å².